The Hall–Kier alpha value is -0.531. The third-order valence-corrected chi connectivity index (χ3v) is 5.46. The maximum atomic E-state index is 14.6. The molecule has 7 heteroatoms. The van der Waals surface area contributed by atoms with Gasteiger partial charge in [-0.2, -0.15) is 0 Å². The molecule has 144 valence electrons. The van der Waals surface area contributed by atoms with Crippen LogP contribution in [0.25, 0.3) is 0 Å². The Kier molecular flexibility index (Phi) is 9.52. The molecule has 0 aliphatic carbocycles. The van der Waals surface area contributed by atoms with E-state index in [4.69, 9.17) is 0 Å². The Morgan fingerprint density at radius 2 is 1.12 bits per heavy atom. The first-order valence-electron chi connectivity index (χ1n) is 9.04. The number of benzene rings is 1. The molecule has 0 bridgehead atoms. The normalized spacial score (nSPS) is 11.8. The molecule has 0 amide bonds. The van der Waals surface area contributed by atoms with Crippen LogP contribution in [0.1, 0.15) is 76.0 Å². The third-order valence-electron chi connectivity index (χ3n) is 4.22. The van der Waals surface area contributed by atoms with Crippen molar-refractivity contribution in [1.82, 2.24) is 0 Å². The summed E-state index contributed by atoms with van der Waals surface area (Å²) in [5.74, 6) is -3.52. The van der Waals surface area contributed by atoms with Crippen molar-refractivity contribution in [2.75, 3.05) is 0 Å². The fourth-order valence-electron chi connectivity index (χ4n) is 2.93. The Balaban J connectivity index is 3.55. The first kappa shape index (κ1) is 22.5. The fourth-order valence-corrected chi connectivity index (χ4v) is 4.19. The molecule has 0 spiro atoms. The molecule has 0 radical (unpaired) electrons. The van der Waals surface area contributed by atoms with Gasteiger partial charge >= 0.3 is 154 Å². The second-order valence-electron chi connectivity index (χ2n) is 6.25. The van der Waals surface area contributed by atoms with Gasteiger partial charge in [0.2, 0.25) is 0 Å². The van der Waals surface area contributed by atoms with E-state index in [9.17, 15) is 17.4 Å². The molecule has 0 fully saturated rings. The summed E-state index contributed by atoms with van der Waals surface area (Å²) in [4.78, 5) is 0. The van der Waals surface area contributed by atoms with E-state index in [1.54, 1.807) is 0 Å². The summed E-state index contributed by atoms with van der Waals surface area (Å²) in [5.41, 5.74) is 1.01. The van der Waals surface area contributed by atoms with Gasteiger partial charge in [-0.05, 0) is 0 Å². The van der Waals surface area contributed by atoms with Gasteiger partial charge in [0.05, 0.1) is 0 Å². The van der Waals surface area contributed by atoms with Crippen molar-refractivity contribution < 1.29 is 20.5 Å². The first-order valence-corrected chi connectivity index (χ1v) is 13.4. The molecule has 1 nitrogen and oxygen atoms in total. The van der Waals surface area contributed by atoms with Gasteiger partial charge in [-0.15, -0.1) is 0 Å². The van der Waals surface area contributed by atoms with Crippen molar-refractivity contribution in [1.29, 1.82) is 0 Å². The molecule has 1 aromatic carbocycles. The SMILES string of the molecule is CCCCc1c(F)c(F)c([O][Sn]([F])([F])[F])c(CCCC)c1CCCC. The average molecular weight is 473 g/mol. The monoisotopic (exact) mass is 474 g/mol. The van der Waals surface area contributed by atoms with Crippen molar-refractivity contribution in [2.24, 2.45) is 0 Å². The van der Waals surface area contributed by atoms with Gasteiger partial charge in [-0.3, -0.25) is 0 Å². The predicted molar refractivity (Wildman–Crippen MR) is 91.9 cm³/mol. The third kappa shape index (κ3) is 6.60. The van der Waals surface area contributed by atoms with Crippen molar-refractivity contribution in [3.05, 3.63) is 28.3 Å². The van der Waals surface area contributed by atoms with Gasteiger partial charge in [0.15, 0.2) is 0 Å². The molecule has 0 N–H and O–H groups in total. The summed E-state index contributed by atoms with van der Waals surface area (Å²) in [7, 11) is 0. The van der Waals surface area contributed by atoms with Crippen LogP contribution >= 0.6 is 0 Å². The van der Waals surface area contributed by atoms with Gasteiger partial charge in [0.1, 0.15) is 0 Å². The van der Waals surface area contributed by atoms with E-state index < -0.39 is 37.9 Å². The summed E-state index contributed by atoms with van der Waals surface area (Å²) in [6.45, 7) is 5.81. The van der Waals surface area contributed by atoms with Gasteiger partial charge in [-0.25, -0.2) is 0 Å². The zero-order valence-corrected chi connectivity index (χ0v) is 18.0. The van der Waals surface area contributed by atoms with Crippen LogP contribution < -0.4 is 3.07 Å². The van der Waals surface area contributed by atoms with Crippen molar-refractivity contribution >= 4 is 20.5 Å². The molecular weight excluding hydrogens is 446 g/mol. The Morgan fingerprint density at radius 1 is 0.680 bits per heavy atom. The fraction of sp³-hybridized carbons (Fsp3) is 0.667. The van der Waals surface area contributed by atoms with Crippen molar-refractivity contribution in [3.63, 3.8) is 0 Å². The number of hydrogen-bond acceptors (Lipinski definition) is 1. The van der Waals surface area contributed by atoms with Gasteiger partial charge in [0, 0.05) is 0 Å². The zero-order chi connectivity index (χ0) is 19.0. The predicted octanol–water partition coefficient (Wildman–Crippen LogP) is 6.72. The topological polar surface area (TPSA) is 9.23 Å². The number of unbranched alkanes of at least 4 members (excludes halogenated alkanes) is 3. The van der Waals surface area contributed by atoms with Crippen LogP contribution in [0.5, 0.6) is 5.75 Å². The van der Waals surface area contributed by atoms with Gasteiger partial charge < -0.3 is 0 Å². The molecule has 0 aliphatic heterocycles. The number of halogens is 5. The van der Waals surface area contributed by atoms with E-state index in [2.05, 4.69) is 3.07 Å². The van der Waals surface area contributed by atoms with E-state index in [0.717, 1.165) is 25.7 Å². The summed E-state index contributed by atoms with van der Waals surface area (Å²) < 4.78 is 71.9. The molecule has 1 rings (SSSR count). The van der Waals surface area contributed by atoms with Crippen LogP contribution in [-0.2, 0) is 19.3 Å². The minimum atomic E-state index is -7.28. The Bertz CT molecular complexity index is 558. The van der Waals surface area contributed by atoms with Crippen LogP contribution in [-0.4, -0.2) is 20.5 Å². The van der Waals surface area contributed by atoms with E-state index in [1.807, 2.05) is 20.8 Å². The quantitative estimate of drug-likeness (QED) is 0.256. The molecular formula is C18H27F5OSn. The Labute approximate surface area is 153 Å². The first-order chi connectivity index (χ1) is 11.8. The average Bonchev–Trinajstić information content (AvgIpc) is 2.54. The number of rotatable bonds is 11. The summed E-state index contributed by atoms with van der Waals surface area (Å²) >= 11 is -7.28. The Morgan fingerprint density at radius 3 is 1.56 bits per heavy atom. The van der Waals surface area contributed by atoms with Crippen LogP contribution in [0.15, 0.2) is 0 Å². The molecule has 0 atom stereocenters. The zero-order valence-electron chi connectivity index (χ0n) is 15.2. The molecule has 0 aliphatic rings. The maximum absolute atomic E-state index is 14.6. The minimum absolute atomic E-state index is 0.231. The summed E-state index contributed by atoms with van der Waals surface area (Å²) in [6.07, 6.45) is 5.46. The van der Waals surface area contributed by atoms with Crippen molar-refractivity contribution in [2.45, 2.75) is 78.6 Å². The molecule has 1 aromatic rings. The molecule has 0 aromatic heterocycles. The molecule has 0 unspecified atom stereocenters. The van der Waals surface area contributed by atoms with Crippen LogP contribution in [0.4, 0.5) is 17.4 Å². The molecule has 0 saturated carbocycles. The van der Waals surface area contributed by atoms with Crippen LogP contribution in [0.2, 0.25) is 0 Å². The second-order valence-corrected chi connectivity index (χ2v) is 9.38. The van der Waals surface area contributed by atoms with Gasteiger partial charge in [0.25, 0.3) is 0 Å². The summed E-state index contributed by atoms with van der Waals surface area (Å²) in [5, 5.41) is 0. The standard InChI is InChI=1S/C18H28F2O.3FH.Sn/c1-4-7-10-13-14(11-8-5-2)16(19)17(20)18(21)15(13)12-9-6-3;;;;/h21H,4-12H2,1-3H3;3*1H;/q;;;;+4/p-4. The molecule has 0 heterocycles. The van der Waals surface area contributed by atoms with E-state index >= 15 is 0 Å². The van der Waals surface area contributed by atoms with E-state index in [-0.39, 0.29) is 17.5 Å². The van der Waals surface area contributed by atoms with Crippen LogP contribution in [0, 0.1) is 11.6 Å². The van der Waals surface area contributed by atoms with E-state index in [1.165, 1.54) is 0 Å². The van der Waals surface area contributed by atoms with Gasteiger partial charge in [-0.1, -0.05) is 0 Å². The van der Waals surface area contributed by atoms with Crippen LogP contribution in [0.3, 0.4) is 0 Å². The molecule has 0 saturated heterocycles. The van der Waals surface area contributed by atoms with E-state index in [0.29, 0.717) is 31.2 Å². The number of hydrogen-bond donors (Lipinski definition) is 0. The van der Waals surface area contributed by atoms with Crippen molar-refractivity contribution in [3.8, 4) is 5.75 Å². The summed E-state index contributed by atoms with van der Waals surface area (Å²) in [6, 6.07) is 0. The second kappa shape index (κ2) is 10.6. The molecule has 25 heavy (non-hydrogen) atoms.